The number of ether oxygens (including phenoxy) is 2. The van der Waals surface area contributed by atoms with E-state index in [1.165, 1.54) is 7.11 Å². The van der Waals surface area contributed by atoms with Gasteiger partial charge in [0.05, 0.1) is 7.11 Å². The third-order valence-corrected chi connectivity index (χ3v) is 3.05. The molecule has 0 amide bonds. The number of hydrogen-bond donors (Lipinski definition) is 1. The molecule has 114 valence electrons. The van der Waals surface area contributed by atoms with E-state index in [9.17, 15) is 4.79 Å². The molecule has 0 aliphatic rings. The first kappa shape index (κ1) is 18.4. The van der Waals surface area contributed by atoms with Crippen LogP contribution in [0.2, 0.25) is 0 Å². The van der Waals surface area contributed by atoms with Crippen LogP contribution in [0.3, 0.4) is 0 Å². The third kappa shape index (κ3) is 8.22. The highest BCUT2D eigenvalue weighted by Gasteiger charge is 2.33. The van der Waals surface area contributed by atoms with Crippen LogP contribution in [0.1, 0.15) is 53.9 Å². The first-order valence-electron chi connectivity index (χ1n) is 7.25. The Labute approximate surface area is 118 Å². The lowest BCUT2D eigenvalue weighted by atomic mass is 9.95. The van der Waals surface area contributed by atoms with Crippen molar-refractivity contribution in [1.82, 2.24) is 5.32 Å². The molecule has 1 unspecified atom stereocenters. The van der Waals surface area contributed by atoms with Crippen molar-refractivity contribution >= 4 is 5.97 Å². The Morgan fingerprint density at radius 2 is 1.84 bits per heavy atom. The van der Waals surface area contributed by atoms with Gasteiger partial charge in [0.15, 0.2) is 0 Å². The monoisotopic (exact) mass is 273 g/mol. The Kier molecular flexibility index (Phi) is 9.02. The maximum Gasteiger partial charge on any atom is 0.325 e. The molecule has 19 heavy (non-hydrogen) atoms. The van der Waals surface area contributed by atoms with Crippen LogP contribution in [0.5, 0.6) is 0 Å². The Balaban J connectivity index is 4.03. The zero-order valence-corrected chi connectivity index (χ0v) is 13.4. The van der Waals surface area contributed by atoms with Crippen molar-refractivity contribution in [2.24, 2.45) is 5.92 Å². The number of nitrogens with one attached hydrogen (secondary N) is 1. The summed E-state index contributed by atoms with van der Waals surface area (Å²) < 4.78 is 10.5. The van der Waals surface area contributed by atoms with Gasteiger partial charge in [-0.25, -0.2) is 0 Å². The van der Waals surface area contributed by atoms with Gasteiger partial charge in [0.25, 0.3) is 0 Å². The van der Waals surface area contributed by atoms with Crippen molar-refractivity contribution in [3.05, 3.63) is 0 Å². The van der Waals surface area contributed by atoms with Crippen molar-refractivity contribution < 1.29 is 14.3 Å². The zero-order chi connectivity index (χ0) is 14.9. The minimum absolute atomic E-state index is 0.205. The lowest BCUT2D eigenvalue weighted by Gasteiger charge is -2.30. The molecular formula is C15H31NO3. The Morgan fingerprint density at radius 3 is 2.32 bits per heavy atom. The van der Waals surface area contributed by atoms with Gasteiger partial charge in [-0.1, -0.05) is 13.8 Å². The molecule has 0 fully saturated rings. The molecule has 0 bridgehead atoms. The summed E-state index contributed by atoms with van der Waals surface area (Å²) in [5.74, 6) is 0.464. The van der Waals surface area contributed by atoms with Crippen LogP contribution < -0.4 is 5.32 Å². The standard InChI is InChI=1S/C15H31NO3/c1-12(2)8-11-19-10-7-9-15(5,14(17)18-6)16-13(3)4/h12-13,16H,7-11H2,1-6H3. The Bertz CT molecular complexity index is 254. The highest BCUT2D eigenvalue weighted by molar-refractivity contribution is 5.80. The number of esters is 1. The lowest BCUT2D eigenvalue weighted by molar-refractivity contribution is -0.148. The van der Waals surface area contributed by atoms with Crippen molar-refractivity contribution in [3.63, 3.8) is 0 Å². The molecule has 1 N–H and O–H groups in total. The molecule has 0 aliphatic heterocycles. The second-order valence-corrected chi connectivity index (χ2v) is 6.02. The summed E-state index contributed by atoms with van der Waals surface area (Å²) in [6.45, 7) is 11.8. The lowest BCUT2D eigenvalue weighted by Crippen LogP contribution is -2.53. The van der Waals surface area contributed by atoms with Crippen LogP contribution in [0.25, 0.3) is 0 Å². The van der Waals surface area contributed by atoms with Gasteiger partial charge in [-0.3, -0.25) is 10.1 Å². The Morgan fingerprint density at radius 1 is 1.21 bits per heavy atom. The summed E-state index contributed by atoms with van der Waals surface area (Å²) >= 11 is 0. The summed E-state index contributed by atoms with van der Waals surface area (Å²) in [4.78, 5) is 11.9. The predicted molar refractivity (Wildman–Crippen MR) is 78.2 cm³/mol. The molecule has 1 atom stereocenters. The highest BCUT2D eigenvalue weighted by Crippen LogP contribution is 2.16. The molecule has 4 heteroatoms. The fourth-order valence-corrected chi connectivity index (χ4v) is 2.04. The van der Waals surface area contributed by atoms with E-state index in [-0.39, 0.29) is 12.0 Å². The SMILES string of the molecule is COC(=O)C(C)(CCCOCCC(C)C)NC(C)C. The van der Waals surface area contributed by atoms with Crippen molar-refractivity contribution in [2.75, 3.05) is 20.3 Å². The smallest absolute Gasteiger partial charge is 0.325 e. The summed E-state index contributed by atoms with van der Waals surface area (Å²) in [5.41, 5.74) is -0.621. The van der Waals surface area contributed by atoms with Gasteiger partial charge in [-0.15, -0.1) is 0 Å². The van der Waals surface area contributed by atoms with Gasteiger partial charge in [0.1, 0.15) is 5.54 Å². The van der Waals surface area contributed by atoms with Crippen molar-refractivity contribution in [1.29, 1.82) is 0 Å². The van der Waals surface area contributed by atoms with E-state index < -0.39 is 5.54 Å². The van der Waals surface area contributed by atoms with Crippen LogP contribution in [0.4, 0.5) is 0 Å². The van der Waals surface area contributed by atoms with Gasteiger partial charge in [0, 0.05) is 19.3 Å². The Hall–Kier alpha value is -0.610. The molecule has 0 radical (unpaired) electrons. The molecule has 0 aromatic rings. The normalized spacial score (nSPS) is 14.7. The van der Waals surface area contributed by atoms with Crippen LogP contribution in [0, 0.1) is 5.92 Å². The van der Waals surface area contributed by atoms with Crippen molar-refractivity contribution in [2.45, 2.75) is 65.5 Å². The highest BCUT2D eigenvalue weighted by atomic mass is 16.5. The third-order valence-electron chi connectivity index (χ3n) is 3.05. The summed E-state index contributed by atoms with van der Waals surface area (Å²) in [7, 11) is 1.43. The van der Waals surface area contributed by atoms with E-state index in [4.69, 9.17) is 9.47 Å². The number of methoxy groups -OCH3 is 1. The van der Waals surface area contributed by atoms with E-state index in [2.05, 4.69) is 19.2 Å². The van der Waals surface area contributed by atoms with Crippen LogP contribution in [-0.4, -0.2) is 37.9 Å². The predicted octanol–water partition coefficient (Wildman–Crippen LogP) is 2.76. The first-order chi connectivity index (χ1) is 8.81. The summed E-state index contributed by atoms with van der Waals surface area (Å²) in [5, 5.41) is 3.29. The van der Waals surface area contributed by atoms with Gasteiger partial charge >= 0.3 is 5.97 Å². The summed E-state index contributed by atoms with van der Waals surface area (Å²) in [6, 6.07) is 0.242. The molecule has 0 saturated heterocycles. The van der Waals surface area contributed by atoms with Gasteiger partial charge in [-0.05, 0) is 46.0 Å². The van der Waals surface area contributed by atoms with E-state index in [1.807, 2.05) is 20.8 Å². The van der Waals surface area contributed by atoms with Crippen LogP contribution >= 0.6 is 0 Å². The molecule has 0 saturated carbocycles. The molecular weight excluding hydrogens is 242 g/mol. The number of carbonyl (C=O) groups excluding carboxylic acids is 1. The average molecular weight is 273 g/mol. The van der Waals surface area contributed by atoms with E-state index in [0.29, 0.717) is 12.5 Å². The molecule has 0 heterocycles. The topological polar surface area (TPSA) is 47.6 Å². The quantitative estimate of drug-likeness (QED) is 0.491. The average Bonchev–Trinajstić information content (AvgIpc) is 2.31. The van der Waals surface area contributed by atoms with Gasteiger partial charge < -0.3 is 9.47 Å². The molecule has 0 aromatic carbocycles. The fraction of sp³-hybridized carbons (Fsp3) is 0.933. The summed E-state index contributed by atoms with van der Waals surface area (Å²) in [6.07, 6.45) is 2.65. The molecule has 4 nitrogen and oxygen atoms in total. The largest absolute Gasteiger partial charge is 0.468 e. The van der Waals surface area contributed by atoms with E-state index >= 15 is 0 Å². The van der Waals surface area contributed by atoms with Gasteiger partial charge in [-0.2, -0.15) is 0 Å². The molecule has 0 aliphatic carbocycles. The van der Waals surface area contributed by atoms with E-state index in [1.54, 1.807) is 0 Å². The zero-order valence-electron chi connectivity index (χ0n) is 13.4. The molecule has 0 aromatic heterocycles. The number of hydrogen-bond acceptors (Lipinski definition) is 4. The second kappa shape index (κ2) is 9.32. The molecule has 0 rings (SSSR count). The fourth-order valence-electron chi connectivity index (χ4n) is 2.04. The minimum atomic E-state index is -0.621. The number of rotatable bonds is 10. The van der Waals surface area contributed by atoms with Crippen LogP contribution in [0.15, 0.2) is 0 Å². The first-order valence-corrected chi connectivity index (χ1v) is 7.25. The maximum atomic E-state index is 11.9. The van der Waals surface area contributed by atoms with E-state index in [0.717, 1.165) is 25.9 Å². The number of carbonyl (C=O) groups is 1. The van der Waals surface area contributed by atoms with Crippen molar-refractivity contribution in [3.8, 4) is 0 Å². The second-order valence-electron chi connectivity index (χ2n) is 6.02. The molecule has 0 spiro atoms. The minimum Gasteiger partial charge on any atom is -0.468 e. The maximum absolute atomic E-state index is 11.9. The van der Waals surface area contributed by atoms with Crippen LogP contribution in [-0.2, 0) is 14.3 Å². The van der Waals surface area contributed by atoms with Gasteiger partial charge in [0.2, 0.25) is 0 Å².